The molecule has 1 amide bonds. The number of carboxylic acid groups (broad SMARTS) is 1. The van der Waals surface area contributed by atoms with Crippen LogP contribution in [0.15, 0.2) is 0 Å². The molecule has 39 nitrogen and oxygen atoms in total. The van der Waals surface area contributed by atoms with E-state index in [0.717, 1.165) is 21.1 Å². The van der Waals surface area contributed by atoms with Gasteiger partial charge in [-0.1, -0.05) is 6.92 Å². The smallest absolute Gasteiger partial charge is 0.364 e. The molecule has 0 saturated carbocycles. The summed E-state index contributed by atoms with van der Waals surface area (Å²) >= 11 is 0. The molecule has 7 fully saturated rings. The van der Waals surface area contributed by atoms with E-state index in [0.29, 0.717) is 0 Å². The van der Waals surface area contributed by atoms with Gasteiger partial charge in [0.15, 0.2) is 37.7 Å². The number of carbonyl (C=O) groups excluding carboxylic acids is 1. The summed E-state index contributed by atoms with van der Waals surface area (Å²) in [5, 5.41) is 230. The fraction of sp³-hybridized carbons (Fsp3) is 0.960. The molecule has 0 radical (unpaired) electrons. The van der Waals surface area contributed by atoms with Gasteiger partial charge in [-0.25, -0.2) is 4.79 Å². The van der Waals surface area contributed by atoms with Crippen LogP contribution < -0.4 is 5.32 Å². The Hall–Kier alpha value is -2.46. The molecule has 7 aliphatic heterocycles. The quantitative estimate of drug-likeness (QED) is 0.0404. The lowest BCUT2D eigenvalue weighted by Crippen LogP contribution is -2.69. The third-order valence-electron chi connectivity index (χ3n) is 16.7. The number of amides is 1. The fourth-order valence-corrected chi connectivity index (χ4v) is 11.6. The average molecular weight is 1310 g/mol. The van der Waals surface area contributed by atoms with E-state index in [4.69, 9.17) is 71.1 Å². The van der Waals surface area contributed by atoms with Gasteiger partial charge in [0.05, 0.1) is 58.5 Å². The summed E-state index contributed by atoms with van der Waals surface area (Å²) in [4.78, 5) is 25.7. The Balaban J connectivity index is 1.11. The van der Waals surface area contributed by atoms with Crippen molar-refractivity contribution in [2.45, 2.75) is 235 Å². The molecule has 35 unspecified atom stereocenters. The number of nitrogens with one attached hydrogen (secondary N) is 1. The number of rotatable bonds is 25. The maximum absolute atomic E-state index is 12.9. The van der Waals surface area contributed by atoms with Gasteiger partial charge in [0.2, 0.25) is 5.91 Å². The van der Waals surface area contributed by atoms with Crippen LogP contribution in [0.5, 0.6) is 0 Å². The van der Waals surface area contributed by atoms with Crippen molar-refractivity contribution in [3.8, 4) is 0 Å². The molecule has 7 rings (SSSR count). The molecule has 7 heterocycles. The SMILES string of the molecule is COC1OC(CO)C(OC2OC(CO)C(OC3OC(COC4OC(CO)C(OC5OC(CO)C(O)C(OC6(C(=O)O)CC(O)C(C)C(C(O)[C@@H](O)CO)O6)C5O)C(O)C4NC(C)=O)C(OC)C(O)C3O)C(OC3OC(CO)C(O)C(O)C3O)C2O)C(O)C1O. The van der Waals surface area contributed by atoms with E-state index in [9.17, 15) is 117 Å². The maximum atomic E-state index is 12.9. The topological polar surface area (TPSA) is 609 Å². The first-order valence-corrected chi connectivity index (χ1v) is 28.4. The standard InChI is InChI=1S/C50H85NO38/c1-13-15(59)5-50(49(73)74,88-36(13)24(61)16(60)6-52)89-41-26(63)18(8-54)79-47(34(41)71)84-38-19(9-55)80-43(23(27(38)64)51-14(2)58)77-12-22-37(75-3)29(66)33(70)46(83-22)86-40-21(11-57)82-48(85-39-20(10-56)81-44(76-4)32(69)30(39)67)35(72)42(40)87-45-31(68)28(65)25(62)17(7-53)78-45/h13,15-48,52-57,59-72H,5-12H2,1-4H3,(H,51,58)(H,73,74)/t13?,15?,16-,17?,18?,19?,20?,21?,22?,23?,24?,25?,26?,27?,28?,29?,30?,31?,32?,33?,34?,35?,36?,37?,38?,39?,40?,41?,42?,43?,44?,45?,46?,47?,48?,50?/m0/s1. The number of carbonyl (C=O) groups is 2. The van der Waals surface area contributed by atoms with Gasteiger partial charge in [-0.3, -0.25) is 4.79 Å². The van der Waals surface area contributed by atoms with Crippen LogP contribution >= 0.6 is 0 Å². The number of carboxylic acids is 1. The van der Waals surface area contributed by atoms with Gasteiger partial charge in [-0.05, 0) is 0 Å². The van der Waals surface area contributed by atoms with Gasteiger partial charge >= 0.3 is 5.97 Å². The molecule has 518 valence electrons. The first-order valence-electron chi connectivity index (χ1n) is 28.4. The summed E-state index contributed by atoms with van der Waals surface area (Å²) in [5.74, 6) is -6.99. The van der Waals surface area contributed by atoms with Gasteiger partial charge in [-0.2, -0.15) is 0 Å². The summed E-state index contributed by atoms with van der Waals surface area (Å²) in [5.41, 5.74) is 0. The molecule has 36 atom stereocenters. The van der Waals surface area contributed by atoms with E-state index in [1.54, 1.807) is 0 Å². The van der Waals surface area contributed by atoms with Gasteiger partial charge in [-0.15, -0.1) is 0 Å². The molecule has 39 heteroatoms. The first-order chi connectivity index (χ1) is 42.1. The van der Waals surface area contributed by atoms with E-state index < -0.39 is 285 Å². The summed E-state index contributed by atoms with van der Waals surface area (Å²) in [7, 11) is 2.20. The predicted octanol–water partition coefficient (Wildman–Crippen LogP) is -14.3. The zero-order chi connectivity index (χ0) is 65.8. The molecule has 7 saturated heterocycles. The van der Waals surface area contributed by atoms with Crippen LogP contribution in [-0.4, -0.2) is 394 Å². The van der Waals surface area contributed by atoms with E-state index in [1.165, 1.54) is 6.92 Å². The van der Waals surface area contributed by atoms with Crippen molar-refractivity contribution in [1.82, 2.24) is 5.32 Å². The van der Waals surface area contributed by atoms with Crippen molar-refractivity contribution in [3.63, 3.8) is 0 Å². The number of aliphatic hydroxyl groups is 20. The monoisotopic (exact) mass is 1310 g/mol. The molecular weight excluding hydrogens is 1220 g/mol. The number of aliphatic carboxylic acids is 1. The van der Waals surface area contributed by atoms with Gasteiger partial charge in [0, 0.05) is 33.5 Å². The maximum Gasteiger partial charge on any atom is 0.364 e. The van der Waals surface area contributed by atoms with Crippen LogP contribution in [0.3, 0.4) is 0 Å². The highest BCUT2D eigenvalue weighted by Gasteiger charge is 2.61. The number of methoxy groups -OCH3 is 2. The van der Waals surface area contributed by atoms with Crippen molar-refractivity contribution in [1.29, 1.82) is 0 Å². The summed E-state index contributed by atoms with van der Waals surface area (Å²) < 4.78 is 86.3. The Morgan fingerprint density at radius 1 is 0.494 bits per heavy atom. The third-order valence-corrected chi connectivity index (χ3v) is 16.7. The van der Waals surface area contributed by atoms with Crippen LogP contribution in [0.1, 0.15) is 20.3 Å². The minimum atomic E-state index is -3.04. The molecular formula is C50H85NO38. The highest BCUT2D eigenvalue weighted by Crippen LogP contribution is 2.42. The van der Waals surface area contributed by atoms with Gasteiger partial charge < -0.3 is 184 Å². The van der Waals surface area contributed by atoms with Crippen LogP contribution in [0, 0.1) is 5.92 Å². The zero-order valence-corrected chi connectivity index (χ0v) is 48.2. The molecule has 0 aliphatic carbocycles. The van der Waals surface area contributed by atoms with Crippen molar-refractivity contribution in [2.75, 3.05) is 60.5 Å². The van der Waals surface area contributed by atoms with Crippen LogP contribution in [0.2, 0.25) is 0 Å². The van der Waals surface area contributed by atoms with E-state index in [-0.39, 0.29) is 0 Å². The second kappa shape index (κ2) is 31.9. The van der Waals surface area contributed by atoms with Crippen molar-refractivity contribution >= 4 is 11.9 Å². The highest BCUT2D eigenvalue weighted by molar-refractivity contribution is 5.76. The lowest BCUT2D eigenvalue weighted by molar-refractivity contribution is -0.400. The molecule has 0 spiro atoms. The van der Waals surface area contributed by atoms with E-state index in [2.05, 4.69) is 5.32 Å². The Morgan fingerprint density at radius 3 is 1.46 bits per heavy atom. The van der Waals surface area contributed by atoms with Crippen LogP contribution in [-0.2, 0) is 80.6 Å². The van der Waals surface area contributed by atoms with Gasteiger partial charge in [0.1, 0.15) is 159 Å². The number of ether oxygens (including phenoxy) is 15. The minimum absolute atomic E-state index is 0.835. The zero-order valence-electron chi connectivity index (χ0n) is 48.2. The Morgan fingerprint density at radius 2 is 0.933 bits per heavy atom. The number of aliphatic hydroxyl groups excluding tert-OH is 20. The summed E-state index contributed by atoms with van der Waals surface area (Å²) in [6, 6.07) is -1.76. The second-order valence-electron chi connectivity index (χ2n) is 22.6. The predicted molar refractivity (Wildman–Crippen MR) is 273 cm³/mol. The Bertz CT molecular complexity index is 2200. The Labute approximate surface area is 505 Å². The molecule has 7 aliphatic rings. The normalized spacial score (nSPS) is 49.0. The number of hydrogen-bond acceptors (Lipinski definition) is 37. The molecule has 89 heavy (non-hydrogen) atoms. The average Bonchev–Trinajstić information content (AvgIpc) is 1.89. The fourth-order valence-electron chi connectivity index (χ4n) is 11.6. The first kappa shape index (κ1) is 73.9. The third kappa shape index (κ3) is 15.6. The molecule has 0 aromatic carbocycles. The largest absolute Gasteiger partial charge is 0.477 e. The molecule has 0 aromatic rings. The van der Waals surface area contributed by atoms with Crippen molar-refractivity contribution in [3.05, 3.63) is 0 Å². The number of hydrogen-bond donors (Lipinski definition) is 22. The lowest BCUT2D eigenvalue weighted by Gasteiger charge is -2.51. The van der Waals surface area contributed by atoms with Crippen LogP contribution in [0.25, 0.3) is 0 Å². The molecule has 0 aromatic heterocycles. The van der Waals surface area contributed by atoms with Crippen molar-refractivity contribution < 1.29 is 188 Å². The summed E-state index contributed by atoms with van der Waals surface area (Å²) in [6.45, 7) is -4.64. The molecule has 0 bridgehead atoms. The van der Waals surface area contributed by atoms with Crippen molar-refractivity contribution in [2.24, 2.45) is 5.92 Å². The second-order valence-corrected chi connectivity index (χ2v) is 22.6. The van der Waals surface area contributed by atoms with E-state index >= 15 is 0 Å². The molecule has 22 N–H and O–H groups in total. The Kier molecular flexibility index (Phi) is 26.5. The lowest BCUT2D eigenvalue weighted by atomic mass is 9.84. The van der Waals surface area contributed by atoms with Crippen LogP contribution in [0.4, 0.5) is 0 Å². The summed E-state index contributed by atoms with van der Waals surface area (Å²) in [6.07, 6.45) is -64.5. The highest BCUT2D eigenvalue weighted by atomic mass is 16.8. The van der Waals surface area contributed by atoms with E-state index in [1.807, 2.05) is 0 Å². The minimum Gasteiger partial charge on any atom is -0.477 e. The van der Waals surface area contributed by atoms with Gasteiger partial charge in [0.25, 0.3) is 5.79 Å².